The van der Waals surface area contributed by atoms with E-state index in [1.807, 2.05) is 6.92 Å². The van der Waals surface area contributed by atoms with Crippen LogP contribution in [0.1, 0.15) is 39.0 Å². The first-order valence-electron chi connectivity index (χ1n) is 5.55. The van der Waals surface area contributed by atoms with Crippen LogP contribution in [0.3, 0.4) is 0 Å². The first kappa shape index (κ1) is 12.0. The molecule has 0 N–H and O–H groups in total. The van der Waals surface area contributed by atoms with Crippen molar-refractivity contribution in [2.24, 2.45) is 0 Å². The van der Waals surface area contributed by atoms with Gasteiger partial charge in [0.15, 0.2) is 0 Å². The molecule has 1 unspecified atom stereocenters. The Labute approximate surface area is 90.6 Å². The maximum Gasteiger partial charge on any atom is 0.409 e. The van der Waals surface area contributed by atoms with Crippen molar-refractivity contribution >= 4 is 11.9 Å². The van der Waals surface area contributed by atoms with E-state index in [9.17, 15) is 9.59 Å². The van der Waals surface area contributed by atoms with Crippen molar-refractivity contribution < 1.29 is 14.3 Å². The molecule has 0 aromatic carbocycles. The molecule has 1 saturated heterocycles. The zero-order valence-corrected chi connectivity index (χ0v) is 9.49. The summed E-state index contributed by atoms with van der Waals surface area (Å²) in [4.78, 5) is 24.5. The summed E-state index contributed by atoms with van der Waals surface area (Å²) in [5, 5.41) is 0. The zero-order valence-electron chi connectivity index (χ0n) is 9.49. The van der Waals surface area contributed by atoms with Gasteiger partial charge in [0.1, 0.15) is 5.78 Å². The van der Waals surface area contributed by atoms with Gasteiger partial charge in [-0.25, -0.2) is 4.79 Å². The second-order valence-corrected chi connectivity index (χ2v) is 3.95. The van der Waals surface area contributed by atoms with E-state index in [4.69, 9.17) is 0 Å². The van der Waals surface area contributed by atoms with Gasteiger partial charge in [-0.05, 0) is 19.3 Å². The molecule has 1 heterocycles. The lowest BCUT2D eigenvalue weighted by Gasteiger charge is -2.22. The van der Waals surface area contributed by atoms with Gasteiger partial charge in [-0.2, -0.15) is 0 Å². The smallest absolute Gasteiger partial charge is 0.409 e. The Morgan fingerprint density at radius 3 is 2.80 bits per heavy atom. The second kappa shape index (κ2) is 5.73. The molecule has 0 aromatic heterocycles. The summed E-state index contributed by atoms with van der Waals surface area (Å²) < 4.78 is 4.68. The normalized spacial score (nSPS) is 20.4. The summed E-state index contributed by atoms with van der Waals surface area (Å²) in [6.45, 7) is 2.71. The first-order chi connectivity index (χ1) is 7.19. The molecule has 86 valence electrons. The van der Waals surface area contributed by atoms with Gasteiger partial charge < -0.3 is 9.64 Å². The highest BCUT2D eigenvalue weighted by Gasteiger charge is 2.30. The summed E-state index contributed by atoms with van der Waals surface area (Å²) in [6.07, 6.45) is 3.57. The van der Waals surface area contributed by atoms with Crippen molar-refractivity contribution in [2.75, 3.05) is 13.7 Å². The number of hydrogen-bond acceptors (Lipinski definition) is 3. The maximum atomic E-state index is 11.5. The Bertz CT molecular complexity index is 240. The van der Waals surface area contributed by atoms with Crippen LogP contribution in [0.15, 0.2) is 0 Å². The SMILES string of the molecule is CCCC(=O)CC1CCCN1C(=O)OC. The maximum absolute atomic E-state index is 11.5. The molecule has 1 rings (SSSR count). The summed E-state index contributed by atoms with van der Waals surface area (Å²) in [5.41, 5.74) is 0. The lowest BCUT2D eigenvalue weighted by Crippen LogP contribution is -2.36. The van der Waals surface area contributed by atoms with Gasteiger partial charge in [0.05, 0.1) is 7.11 Å². The lowest BCUT2D eigenvalue weighted by molar-refractivity contribution is -0.119. The fourth-order valence-electron chi connectivity index (χ4n) is 2.05. The highest BCUT2D eigenvalue weighted by atomic mass is 16.5. The predicted molar refractivity (Wildman–Crippen MR) is 56.7 cm³/mol. The molecular formula is C11H19NO3. The number of Topliss-reactive ketones (excluding diaryl/α,β-unsaturated/α-hetero) is 1. The van der Waals surface area contributed by atoms with Crippen molar-refractivity contribution in [2.45, 2.75) is 45.1 Å². The highest BCUT2D eigenvalue weighted by molar-refractivity contribution is 5.79. The molecule has 0 aliphatic carbocycles. The molecule has 0 bridgehead atoms. The Hall–Kier alpha value is -1.06. The fraction of sp³-hybridized carbons (Fsp3) is 0.818. The summed E-state index contributed by atoms with van der Waals surface area (Å²) in [6, 6.07) is 0.0662. The van der Waals surface area contributed by atoms with Crippen LogP contribution in [0.2, 0.25) is 0 Å². The fourth-order valence-corrected chi connectivity index (χ4v) is 2.05. The summed E-state index contributed by atoms with van der Waals surface area (Å²) in [5.74, 6) is 0.248. The van der Waals surface area contributed by atoms with E-state index in [2.05, 4.69) is 4.74 Å². The molecule has 1 fully saturated rings. The Morgan fingerprint density at radius 2 is 2.20 bits per heavy atom. The molecule has 0 radical (unpaired) electrons. The van der Waals surface area contributed by atoms with Gasteiger partial charge in [-0.1, -0.05) is 6.92 Å². The van der Waals surface area contributed by atoms with E-state index in [0.29, 0.717) is 12.8 Å². The largest absolute Gasteiger partial charge is 0.453 e. The lowest BCUT2D eigenvalue weighted by atomic mass is 10.1. The minimum Gasteiger partial charge on any atom is -0.453 e. The van der Waals surface area contributed by atoms with Crippen LogP contribution >= 0.6 is 0 Å². The topological polar surface area (TPSA) is 46.6 Å². The zero-order chi connectivity index (χ0) is 11.3. The number of nitrogens with zero attached hydrogens (tertiary/aromatic N) is 1. The number of carbonyl (C=O) groups excluding carboxylic acids is 2. The van der Waals surface area contributed by atoms with Crippen molar-refractivity contribution in [1.82, 2.24) is 4.90 Å². The van der Waals surface area contributed by atoms with Crippen molar-refractivity contribution in [1.29, 1.82) is 0 Å². The minimum absolute atomic E-state index is 0.0662. The number of rotatable bonds is 4. The van der Waals surface area contributed by atoms with Crippen LogP contribution in [-0.4, -0.2) is 36.5 Å². The molecule has 0 aromatic rings. The van der Waals surface area contributed by atoms with Gasteiger partial charge in [-0.15, -0.1) is 0 Å². The monoisotopic (exact) mass is 213 g/mol. The van der Waals surface area contributed by atoms with Crippen molar-refractivity contribution in [3.05, 3.63) is 0 Å². The molecule has 1 amide bonds. The summed E-state index contributed by atoms with van der Waals surface area (Å²) >= 11 is 0. The number of carbonyl (C=O) groups is 2. The van der Waals surface area contributed by atoms with E-state index >= 15 is 0 Å². The number of hydrogen-bond donors (Lipinski definition) is 0. The quantitative estimate of drug-likeness (QED) is 0.717. The van der Waals surface area contributed by atoms with Crippen LogP contribution in [0.25, 0.3) is 0 Å². The van der Waals surface area contributed by atoms with Crippen LogP contribution in [-0.2, 0) is 9.53 Å². The summed E-state index contributed by atoms with van der Waals surface area (Å²) in [7, 11) is 1.38. The number of amides is 1. The van der Waals surface area contributed by atoms with E-state index in [-0.39, 0.29) is 17.9 Å². The number of methoxy groups -OCH3 is 1. The Balaban J connectivity index is 2.46. The molecule has 15 heavy (non-hydrogen) atoms. The van der Waals surface area contributed by atoms with Gasteiger partial charge in [0, 0.05) is 25.4 Å². The Morgan fingerprint density at radius 1 is 1.47 bits per heavy atom. The second-order valence-electron chi connectivity index (χ2n) is 3.95. The van der Waals surface area contributed by atoms with Gasteiger partial charge >= 0.3 is 6.09 Å². The third-order valence-electron chi connectivity index (χ3n) is 2.78. The number of ketones is 1. The molecular weight excluding hydrogens is 194 g/mol. The predicted octanol–water partition coefficient (Wildman–Crippen LogP) is 1.98. The first-order valence-corrected chi connectivity index (χ1v) is 5.55. The van der Waals surface area contributed by atoms with E-state index in [1.54, 1.807) is 4.90 Å². The molecule has 1 atom stereocenters. The standard InChI is InChI=1S/C11H19NO3/c1-3-5-10(13)8-9-6-4-7-12(9)11(14)15-2/h9H,3-8H2,1-2H3. The van der Waals surface area contributed by atoms with E-state index in [1.165, 1.54) is 7.11 Å². The van der Waals surface area contributed by atoms with Crippen LogP contribution in [0.4, 0.5) is 4.79 Å². The van der Waals surface area contributed by atoms with Gasteiger partial charge in [0.2, 0.25) is 0 Å². The molecule has 4 nitrogen and oxygen atoms in total. The number of ether oxygens (including phenoxy) is 1. The van der Waals surface area contributed by atoms with Gasteiger partial charge in [-0.3, -0.25) is 4.79 Å². The van der Waals surface area contributed by atoms with E-state index in [0.717, 1.165) is 25.8 Å². The van der Waals surface area contributed by atoms with Gasteiger partial charge in [0.25, 0.3) is 0 Å². The molecule has 4 heteroatoms. The number of likely N-dealkylation sites (tertiary alicyclic amines) is 1. The molecule has 0 saturated carbocycles. The highest BCUT2D eigenvalue weighted by Crippen LogP contribution is 2.21. The Kier molecular flexibility index (Phi) is 4.59. The van der Waals surface area contributed by atoms with Crippen molar-refractivity contribution in [3.63, 3.8) is 0 Å². The van der Waals surface area contributed by atoms with Crippen LogP contribution in [0, 0.1) is 0 Å². The van der Waals surface area contributed by atoms with Crippen molar-refractivity contribution in [3.8, 4) is 0 Å². The third kappa shape index (κ3) is 3.22. The minimum atomic E-state index is -0.304. The van der Waals surface area contributed by atoms with Crippen LogP contribution < -0.4 is 0 Å². The molecule has 1 aliphatic rings. The van der Waals surface area contributed by atoms with E-state index < -0.39 is 0 Å². The third-order valence-corrected chi connectivity index (χ3v) is 2.78. The molecule has 1 aliphatic heterocycles. The average Bonchev–Trinajstić information content (AvgIpc) is 2.65. The average molecular weight is 213 g/mol. The molecule has 0 spiro atoms. The van der Waals surface area contributed by atoms with Crippen LogP contribution in [0.5, 0.6) is 0 Å².